The molecular weight excluding hydrogens is 196 g/mol. The molecule has 2 saturated carbocycles. The maximum atomic E-state index is 8.44. The molecule has 2 aliphatic carbocycles. The second-order valence-electron chi connectivity index (χ2n) is 4.93. The molecule has 2 rings (SSSR count). The van der Waals surface area contributed by atoms with Crippen molar-refractivity contribution in [1.29, 1.82) is 10.5 Å². The number of nitriles is 2. The van der Waals surface area contributed by atoms with Gasteiger partial charge in [0.2, 0.25) is 0 Å². The Morgan fingerprint density at radius 2 is 0.875 bits per heavy atom. The molecule has 0 bridgehead atoms. The SMILES string of the molecule is N#CC1CCCCC1.N#CC1CCCCC1. The zero-order valence-electron chi connectivity index (χ0n) is 10.1. The smallest absolute Gasteiger partial charge is 0.0655 e. The van der Waals surface area contributed by atoms with E-state index in [1.807, 2.05) is 0 Å². The Bertz CT molecular complexity index is 219. The van der Waals surface area contributed by atoms with Gasteiger partial charge in [-0.25, -0.2) is 0 Å². The van der Waals surface area contributed by atoms with E-state index in [1.54, 1.807) is 0 Å². The van der Waals surface area contributed by atoms with Crippen LogP contribution in [0.15, 0.2) is 0 Å². The molecule has 2 nitrogen and oxygen atoms in total. The number of hydrogen-bond donors (Lipinski definition) is 0. The Morgan fingerprint density at radius 3 is 1.06 bits per heavy atom. The molecule has 0 radical (unpaired) electrons. The van der Waals surface area contributed by atoms with Crippen molar-refractivity contribution < 1.29 is 0 Å². The molecule has 2 aliphatic rings. The molecular formula is C14H22N2. The van der Waals surface area contributed by atoms with E-state index in [-0.39, 0.29) is 0 Å². The van der Waals surface area contributed by atoms with Gasteiger partial charge in [0.15, 0.2) is 0 Å². The molecule has 0 aromatic heterocycles. The van der Waals surface area contributed by atoms with Crippen molar-refractivity contribution in [3.8, 4) is 12.1 Å². The lowest BCUT2D eigenvalue weighted by Gasteiger charge is -2.13. The highest BCUT2D eigenvalue weighted by atomic mass is 14.3. The Labute approximate surface area is 99.3 Å². The third-order valence-corrected chi connectivity index (χ3v) is 3.58. The lowest BCUT2D eigenvalue weighted by atomic mass is 9.91. The van der Waals surface area contributed by atoms with Crippen LogP contribution < -0.4 is 0 Å². The number of nitrogens with zero attached hydrogens (tertiary/aromatic N) is 2. The Kier molecular flexibility index (Phi) is 6.66. The van der Waals surface area contributed by atoms with Crippen LogP contribution in [0, 0.1) is 34.5 Å². The molecule has 0 aromatic rings. The standard InChI is InChI=1S/2C7H11N/c2*8-6-7-4-2-1-3-5-7/h2*7H,1-5H2. The number of hydrogen-bond acceptors (Lipinski definition) is 2. The fourth-order valence-electron chi connectivity index (χ4n) is 2.46. The van der Waals surface area contributed by atoms with Gasteiger partial charge in [0.25, 0.3) is 0 Å². The largest absolute Gasteiger partial charge is 0.198 e. The summed E-state index contributed by atoms with van der Waals surface area (Å²) < 4.78 is 0. The summed E-state index contributed by atoms with van der Waals surface area (Å²) in [7, 11) is 0. The van der Waals surface area contributed by atoms with E-state index >= 15 is 0 Å². The van der Waals surface area contributed by atoms with Crippen LogP contribution >= 0.6 is 0 Å². The molecule has 0 unspecified atom stereocenters. The molecule has 0 aromatic carbocycles. The zero-order chi connectivity index (χ0) is 11.6. The summed E-state index contributed by atoms with van der Waals surface area (Å²) in [5.74, 6) is 0.785. The van der Waals surface area contributed by atoms with Gasteiger partial charge in [-0.15, -0.1) is 0 Å². The summed E-state index contributed by atoms with van der Waals surface area (Å²) >= 11 is 0. The minimum Gasteiger partial charge on any atom is -0.198 e. The summed E-state index contributed by atoms with van der Waals surface area (Å²) in [5, 5.41) is 16.9. The molecule has 0 saturated heterocycles. The van der Waals surface area contributed by atoms with Crippen molar-refractivity contribution in [1.82, 2.24) is 0 Å². The summed E-state index contributed by atoms with van der Waals surface area (Å²) in [6, 6.07) is 4.61. The van der Waals surface area contributed by atoms with Crippen LogP contribution in [-0.2, 0) is 0 Å². The van der Waals surface area contributed by atoms with E-state index in [1.165, 1.54) is 38.5 Å². The minimum absolute atomic E-state index is 0.392. The second kappa shape index (κ2) is 8.17. The molecule has 0 heterocycles. The average Bonchev–Trinajstić information content (AvgIpc) is 2.41. The molecule has 0 aliphatic heterocycles. The van der Waals surface area contributed by atoms with Crippen LogP contribution in [0.25, 0.3) is 0 Å². The van der Waals surface area contributed by atoms with Crippen molar-refractivity contribution >= 4 is 0 Å². The summed E-state index contributed by atoms with van der Waals surface area (Å²) in [6.07, 6.45) is 12.4. The lowest BCUT2D eigenvalue weighted by Crippen LogP contribution is -2.02. The zero-order valence-corrected chi connectivity index (χ0v) is 10.1. The third-order valence-electron chi connectivity index (χ3n) is 3.58. The normalized spacial score (nSPS) is 22.4. The van der Waals surface area contributed by atoms with Gasteiger partial charge in [-0.05, 0) is 25.7 Å². The van der Waals surface area contributed by atoms with Crippen molar-refractivity contribution in [3.05, 3.63) is 0 Å². The number of rotatable bonds is 0. The van der Waals surface area contributed by atoms with Crippen LogP contribution in [0.2, 0.25) is 0 Å². The van der Waals surface area contributed by atoms with Crippen LogP contribution in [-0.4, -0.2) is 0 Å². The van der Waals surface area contributed by atoms with Gasteiger partial charge in [-0.2, -0.15) is 10.5 Å². The van der Waals surface area contributed by atoms with E-state index in [4.69, 9.17) is 10.5 Å². The second-order valence-corrected chi connectivity index (χ2v) is 4.93. The first kappa shape index (κ1) is 13.0. The molecule has 2 fully saturated rings. The molecule has 2 heteroatoms. The van der Waals surface area contributed by atoms with Gasteiger partial charge in [-0.1, -0.05) is 38.5 Å². The predicted molar refractivity (Wildman–Crippen MR) is 64.4 cm³/mol. The van der Waals surface area contributed by atoms with Crippen molar-refractivity contribution in [3.63, 3.8) is 0 Å². The van der Waals surface area contributed by atoms with Gasteiger partial charge in [0.05, 0.1) is 12.1 Å². The third kappa shape index (κ3) is 5.17. The van der Waals surface area contributed by atoms with E-state index in [0.29, 0.717) is 11.8 Å². The van der Waals surface area contributed by atoms with E-state index in [2.05, 4.69) is 12.1 Å². The van der Waals surface area contributed by atoms with Crippen molar-refractivity contribution in [2.75, 3.05) is 0 Å². The first-order valence-corrected chi connectivity index (χ1v) is 6.66. The van der Waals surface area contributed by atoms with Gasteiger partial charge in [0, 0.05) is 11.8 Å². The molecule has 16 heavy (non-hydrogen) atoms. The maximum absolute atomic E-state index is 8.44. The van der Waals surface area contributed by atoms with Crippen molar-refractivity contribution in [2.24, 2.45) is 11.8 Å². The average molecular weight is 218 g/mol. The first-order chi connectivity index (χ1) is 7.86. The Morgan fingerprint density at radius 1 is 0.562 bits per heavy atom. The topological polar surface area (TPSA) is 47.6 Å². The highest BCUT2D eigenvalue weighted by Crippen LogP contribution is 2.22. The lowest BCUT2D eigenvalue weighted by molar-refractivity contribution is 0.427. The Balaban J connectivity index is 0.000000160. The fraction of sp³-hybridized carbons (Fsp3) is 0.857. The van der Waals surface area contributed by atoms with E-state index in [9.17, 15) is 0 Å². The highest BCUT2D eigenvalue weighted by Gasteiger charge is 2.11. The fourth-order valence-corrected chi connectivity index (χ4v) is 2.46. The van der Waals surface area contributed by atoms with E-state index in [0.717, 1.165) is 25.7 Å². The van der Waals surface area contributed by atoms with Gasteiger partial charge in [-0.3, -0.25) is 0 Å². The minimum atomic E-state index is 0.392. The summed E-state index contributed by atoms with van der Waals surface area (Å²) in [4.78, 5) is 0. The van der Waals surface area contributed by atoms with Crippen LogP contribution in [0.5, 0.6) is 0 Å². The predicted octanol–water partition coefficient (Wildman–Crippen LogP) is 4.18. The first-order valence-electron chi connectivity index (χ1n) is 6.66. The Hall–Kier alpha value is -1.02. The highest BCUT2D eigenvalue weighted by molar-refractivity contribution is 4.84. The summed E-state index contributed by atoms with van der Waals surface area (Å²) in [5.41, 5.74) is 0. The molecule has 0 amide bonds. The monoisotopic (exact) mass is 218 g/mol. The van der Waals surface area contributed by atoms with Crippen LogP contribution in [0.3, 0.4) is 0 Å². The van der Waals surface area contributed by atoms with Gasteiger partial charge in [0.1, 0.15) is 0 Å². The maximum Gasteiger partial charge on any atom is 0.0655 e. The van der Waals surface area contributed by atoms with Gasteiger partial charge >= 0.3 is 0 Å². The quantitative estimate of drug-likeness (QED) is 0.612. The summed E-state index contributed by atoms with van der Waals surface area (Å²) in [6.45, 7) is 0. The van der Waals surface area contributed by atoms with E-state index < -0.39 is 0 Å². The molecule has 0 spiro atoms. The van der Waals surface area contributed by atoms with Crippen molar-refractivity contribution in [2.45, 2.75) is 64.2 Å². The van der Waals surface area contributed by atoms with Crippen LogP contribution in [0.1, 0.15) is 64.2 Å². The van der Waals surface area contributed by atoms with Gasteiger partial charge < -0.3 is 0 Å². The molecule has 0 atom stereocenters. The molecule has 0 N–H and O–H groups in total. The van der Waals surface area contributed by atoms with Crippen LogP contribution in [0.4, 0.5) is 0 Å². The molecule has 88 valence electrons.